The first-order valence-electron chi connectivity index (χ1n) is 8.85. The lowest BCUT2D eigenvalue weighted by atomic mass is 10.3. The van der Waals surface area contributed by atoms with Gasteiger partial charge in [0.2, 0.25) is 0 Å². The molecule has 0 aliphatic heterocycles. The van der Waals surface area contributed by atoms with E-state index in [1.807, 2.05) is 60.0 Å². The van der Waals surface area contributed by atoms with Gasteiger partial charge in [0.1, 0.15) is 28.4 Å². The van der Waals surface area contributed by atoms with Crippen LogP contribution in [0.15, 0.2) is 78.7 Å². The second-order valence-electron chi connectivity index (χ2n) is 6.21. The molecule has 4 aromatic heterocycles. The molecule has 140 valence electrons. The maximum Gasteiger partial charge on any atom is 0.277 e. The maximum absolute atomic E-state index is 12.8. The zero-order valence-electron chi connectivity index (χ0n) is 15.1. The number of nitrogens with zero attached hydrogens (tertiary/aromatic N) is 5. The molecule has 0 bridgehead atoms. The Balaban J connectivity index is 1.48. The van der Waals surface area contributed by atoms with E-state index in [0.29, 0.717) is 23.0 Å². The molecule has 0 saturated heterocycles. The number of nitrogens with one attached hydrogen (secondary N) is 1. The fourth-order valence-corrected chi connectivity index (χ4v) is 3.68. The van der Waals surface area contributed by atoms with Gasteiger partial charge in [-0.3, -0.25) is 9.78 Å². The summed E-state index contributed by atoms with van der Waals surface area (Å²) in [5.74, 6) is 0.569. The average Bonchev–Trinajstić information content (AvgIpc) is 3.45. The Hall–Kier alpha value is -3.91. The van der Waals surface area contributed by atoms with Crippen LogP contribution in [-0.2, 0) is 0 Å². The summed E-state index contributed by atoms with van der Waals surface area (Å²) in [6.07, 6.45) is 4.99. The second-order valence-corrected chi connectivity index (χ2v) is 7.10. The second kappa shape index (κ2) is 7.25. The first-order chi connectivity index (χ1) is 14.3. The number of imidazole rings is 1. The smallest absolute Gasteiger partial charge is 0.277 e. The number of thiophene rings is 1. The molecule has 29 heavy (non-hydrogen) atoms. The Morgan fingerprint density at radius 1 is 0.966 bits per heavy atom. The largest absolute Gasteiger partial charge is 0.305 e. The molecular weight excluding hydrogens is 384 g/mol. The van der Waals surface area contributed by atoms with E-state index >= 15 is 0 Å². The number of hydrogen-bond acceptors (Lipinski definition) is 6. The summed E-state index contributed by atoms with van der Waals surface area (Å²) in [4.78, 5) is 31.2. The molecule has 0 saturated carbocycles. The average molecular weight is 398 g/mol. The predicted octanol–water partition coefficient (Wildman–Crippen LogP) is 4.19. The first kappa shape index (κ1) is 17.2. The van der Waals surface area contributed by atoms with Crippen molar-refractivity contribution >= 4 is 33.3 Å². The minimum atomic E-state index is -0.335. The van der Waals surface area contributed by atoms with Crippen LogP contribution in [0.1, 0.15) is 10.5 Å². The van der Waals surface area contributed by atoms with Gasteiger partial charge in [-0.15, -0.1) is 11.3 Å². The lowest BCUT2D eigenvalue weighted by Gasteiger charge is -2.07. The molecular formula is C21H14N6OS. The van der Waals surface area contributed by atoms with Gasteiger partial charge in [-0.05, 0) is 35.7 Å². The summed E-state index contributed by atoms with van der Waals surface area (Å²) < 4.78 is 1.80. The van der Waals surface area contributed by atoms with E-state index in [0.717, 1.165) is 15.9 Å². The summed E-state index contributed by atoms with van der Waals surface area (Å²) >= 11 is 1.48. The van der Waals surface area contributed by atoms with Gasteiger partial charge in [-0.1, -0.05) is 24.3 Å². The number of aromatic nitrogens is 5. The highest BCUT2D eigenvalue weighted by molar-refractivity contribution is 7.16. The van der Waals surface area contributed by atoms with E-state index in [-0.39, 0.29) is 5.91 Å². The molecule has 5 rings (SSSR count). The van der Waals surface area contributed by atoms with Crippen LogP contribution in [0, 0.1) is 0 Å². The van der Waals surface area contributed by atoms with Crippen LogP contribution in [-0.4, -0.2) is 30.4 Å². The third kappa shape index (κ3) is 3.37. The molecule has 0 unspecified atom stereocenters. The lowest BCUT2D eigenvalue weighted by molar-refractivity contribution is 0.102. The third-order valence-corrected chi connectivity index (χ3v) is 5.13. The fraction of sp³-hybridized carbons (Fsp3) is 0. The number of para-hydroxylation sites is 1. The van der Waals surface area contributed by atoms with Gasteiger partial charge in [0.15, 0.2) is 5.82 Å². The Morgan fingerprint density at radius 3 is 2.66 bits per heavy atom. The maximum atomic E-state index is 12.8. The Kier molecular flexibility index (Phi) is 4.30. The van der Waals surface area contributed by atoms with Crippen molar-refractivity contribution in [3.63, 3.8) is 0 Å². The number of benzene rings is 1. The van der Waals surface area contributed by atoms with Crippen molar-refractivity contribution in [2.24, 2.45) is 0 Å². The SMILES string of the molecule is O=C(Nc1nc(-c2ccccn2)nc2sccc12)c1cn(-c2ccccc2)cn1. The molecule has 0 atom stereocenters. The number of fused-ring (bicyclic) bond motifs is 1. The fourth-order valence-electron chi connectivity index (χ4n) is 2.91. The van der Waals surface area contributed by atoms with Crippen LogP contribution in [0.3, 0.4) is 0 Å². The summed E-state index contributed by atoms with van der Waals surface area (Å²) in [6, 6.07) is 17.1. The van der Waals surface area contributed by atoms with E-state index in [1.165, 1.54) is 11.3 Å². The van der Waals surface area contributed by atoms with Crippen LogP contribution in [0.25, 0.3) is 27.4 Å². The summed E-state index contributed by atoms with van der Waals surface area (Å²) in [7, 11) is 0. The number of hydrogen-bond donors (Lipinski definition) is 1. The van der Waals surface area contributed by atoms with Crippen molar-refractivity contribution in [3.05, 3.63) is 84.4 Å². The molecule has 0 radical (unpaired) electrons. The van der Waals surface area contributed by atoms with Gasteiger partial charge in [-0.25, -0.2) is 15.0 Å². The van der Waals surface area contributed by atoms with E-state index in [9.17, 15) is 4.79 Å². The highest BCUT2D eigenvalue weighted by Gasteiger charge is 2.16. The molecule has 7 nitrogen and oxygen atoms in total. The van der Waals surface area contributed by atoms with Gasteiger partial charge in [-0.2, -0.15) is 0 Å². The number of carbonyl (C=O) groups excluding carboxylic acids is 1. The van der Waals surface area contributed by atoms with Gasteiger partial charge >= 0.3 is 0 Å². The molecule has 0 spiro atoms. The Labute approximate surface area is 169 Å². The van der Waals surface area contributed by atoms with Crippen molar-refractivity contribution in [1.29, 1.82) is 0 Å². The first-order valence-corrected chi connectivity index (χ1v) is 9.73. The van der Waals surface area contributed by atoms with Crippen molar-refractivity contribution in [3.8, 4) is 17.2 Å². The van der Waals surface area contributed by atoms with Crippen molar-refractivity contribution < 1.29 is 4.79 Å². The van der Waals surface area contributed by atoms with Gasteiger partial charge < -0.3 is 9.88 Å². The van der Waals surface area contributed by atoms with E-state index in [4.69, 9.17) is 0 Å². The van der Waals surface area contributed by atoms with Crippen LogP contribution in [0.2, 0.25) is 0 Å². The topological polar surface area (TPSA) is 85.6 Å². The number of amides is 1. The van der Waals surface area contributed by atoms with Crippen LogP contribution in [0.5, 0.6) is 0 Å². The summed E-state index contributed by atoms with van der Waals surface area (Å²) in [6.45, 7) is 0. The lowest BCUT2D eigenvalue weighted by Crippen LogP contribution is -2.14. The quantitative estimate of drug-likeness (QED) is 0.491. The van der Waals surface area contributed by atoms with Crippen LogP contribution < -0.4 is 5.32 Å². The number of pyridine rings is 1. The normalized spacial score (nSPS) is 10.9. The summed E-state index contributed by atoms with van der Waals surface area (Å²) in [5.41, 5.74) is 1.88. The highest BCUT2D eigenvalue weighted by atomic mass is 32.1. The molecule has 1 aromatic carbocycles. The minimum absolute atomic E-state index is 0.301. The van der Waals surface area contributed by atoms with E-state index < -0.39 is 0 Å². The number of anilines is 1. The van der Waals surface area contributed by atoms with E-state index in [1.54, 1.807) is 23.3 Å². The molecule has 0 fully saturated rings. The van der Waals surface area contributed by atoms with Gasteiger partial charge in [0, 0.05) is 18.1 Å². The monoisotopic (exact) mass is 398 g/mol. The zero-order chi connectivity index (χ0) is 19.6. The molecule has 0 aliphatic carbocycles. The van der Waals surface area contributed by atoms with Gasteiger partial charge in [0.05, 0.1) is 5.39 Å². The zero-order valence-corrected chi connectivity index (χ0v) is 15.9. The number of rotatable bonds is 4. The van der Waals surface area contributed by atoms with Gasteiger partial charge in [0.25, 0.3) is 5.91 Å². The van der Waals surface area contributed by atoms with Crippen LogP contribution >= 0.6 is 11.3 Å². The van der Waals surface area contributed by atoms with Crippen molar-refractivity contribution in [2.45, 2.75) is 0 Å². The number of carbonyl (C=O) groups is 1. The Bertz CT molecular complexity index is 1300. The molecule has 5 aromatic rings. The molecule has 4 heterocycles. The molecule has 0 aliphatic rings. The molecule has 8 heteroatoms. The van der Waals surface area contributed by atoms with Crippen molar-refractivity contribution in [1.82, 2.24) is 24.5 Å². The standard InChI is InChI=1S/C21H14N6OS/c28-20(17-12-27(13-23-17)14-6-2-1-3-7-14)25-18-15-9-11-29-21(15)26-19(24-18)16-8-4-5-10-22-16/h1-13H,(H,24,25,26,28). The molecule has 1 N–H and O–H groups in total. The highest BCUT2D eigenvalue weighted by Crippen LogP contribution is 2.28. The Morgan fingerprint density at radius 2 is 1.83 bits per heavy atom. The molecule has 1 amide bonds. The summed E-state index contributed by atoms with van der Waals surface area (Å²) in [5, 5.41) is 5.58. The third-order valence-electron chi connectivity index (χ3n) is 4.32. The van der Waals surface area contributed by atoms with Crippen LogP contribution in [0.4, 0.5) is 5.82 Å². The minimum Gasteiger partial charge on any atom is -0.305 e. The predicted molar refractivity (Wildman–Crippen MR) is 112 cm³/mol. The van der Waals surface area contributed by atoms with E-state index in [2.05, 4.69) is 25.3 Å². The van der Waals surface area contributed by atoms with Crippen molar-refractivity contribution in [2.75, 3.05) is 5.32 Å².